The van der Waals surface area contributed by atoms with E-state index in [0.29, 0.717) is 10.8 Å². The van der Waals surface area contributed by atoms with Gasteiger partial charge in [0.05, 0.1) is 21.5 Å². The highest BCUT2D eigenvalue weighted by Gasteiger charge is 2.17. The predicted molar refractivity (Wildman–Crippen MR) is 85.8 cm³/mol. The van der Waals surface area contributed by atoms with Gasteiger partial charge in [-0.3, -0.25) is 4.79 Å². The van der Waals surface area contributed by atoms with Crippen molar-refractivity contribution in [2.24, 2.45) is 0 Å². The molecular formula is C14H17ClN4OS. The molecule has 21 heavy (non-hydrogen) atoms. The van der Waals surface area contributed by atoms with Crippen molar-refractivity contribution in [2.75, 3.05) is 5.32 Å². The number of carbonyl (C=O) groups excluding carboxylic acids is 1. The number of carbonyl (C=O) groups is 1. The molecule has 0 aromatic carbocycles. The van der Waals surface area contributed by atoms with E-state index in [1.54, 1.807) is 35.3 Å². The van der Waals surface area contributed by atoms with Gasteiger partial charge in [-0.15, -0.1) is 0 Å². The molecular weight excluding hydrogens is 308 g/mol. The Balaban J connectivity index is 1.99. The lowest BCUT2D eigenvalue weighted by Crippen LogP contribution is -2.24. The maximum absolute atomic E-state index is 12.2. The second kappa shape index (κ2) is 6.95. The van der Waals surface area contributed by atoms with E-state index >= 15 is 0 Å². The van der Waals surface area contributed by atoms with Crippen LogP contribution in [0.2, 0.25) is 5.02 Å². The molecule has 7 heteroatoms. The van der Waals surface area contributed by atoms with Crippen molar-refractivity contribution in [1.29, 1.82) is 0 Å². The SMILES string of the molecule is CC(Sc1ccc(Cl)cn1)C(=O)Nc1ccnn1C(C)C. The molecule has 0 fully saturated rings. The monoisotopic (exact) mass is 324 g/mol. The molecule has 0 aliphatic carbocycles. The second-order valence-electron chi connectivity index (χ2n) is 4.82. The number of aromatic nitrogens is 3. The zero-order valence-corrected chi connectivity index (χ0v) is 13.6. The normalized spacial score (nSPS) is 12.4. The Labute approximate surface area is 133 Å². The average Bonchev–Trinajstić information content (AvgIpc) is 2.89. The number of pyridine rings is 1. The third-order valence-corrected chi connectivity index (χ3v) is 4.05. The van der Waals surface area contributed by atoms with Crippen LogP contribution < -0.4 is 5.32 Å². The third kappa shape index (κ3) is 4.22. The number of hydrogen-bond acceptors (Lipinski definition) is 4. The summed E-state index contributed by atoms with van der Waals surface area (Å²) in [6.45, 7) is 5.86. The Bertz CT molecular complexity index is 612. The minimum Gasteiger partial charge on any atom is -0.310 e. The number of nitrogens with one attached hydrogen (secondary N) is 1. The van der Waals surface area contributed by atoms with E-state index in [-0.39, 0.29) is 17.2 Å². The minimum atomic E-state index is -0.269. The lowest BCUT2D eigenvalue weighted by molar-refractivity contribution is -0.115. The third-order valence-electron chi connectivity index (χ3n) is 2.78. The Morgan fingerprint density at radius 3 is 2.71 bits per heavy atom. The van der Waals surface area contributed by atoms with Gasteiger partial charge in [0, 0.05) is 18.3 Å². The largest absolute Gasteiger partial charge is 0.310 e. The van der Waals surface area contributed by atoms with Crippen molar-refractivity contribution in [3.05, 3.63) is 35.6 Å². The van der Waals surface area contributed by atoms with Crippen LogP contribution in [0.5, 0.6) is 0 Å². The van der Waals surface area contributed by atoms with Crippen molar-refractivity contribution in [2.45, 2.75) is 37.1 Å². The van der Waals surface area contributed by atoms with Crippen LogP contribution in [-0.4, -0.2) is 25.9 Å². The maximum Gasteiger partial charge on any atom is 0.238 e. The summed E-state index contributed by atoms with van der Waals surface area (Å²) < 4.78 is 1.77. The van der Waals surface area contributed by atoms with Crippen LogP contribution in [0.15, 0.2) is 35.6 Å². The molecule has 1 unspecified atom stereocenters. The summed E-state index contributed by atoms with van der Waals surface area (Å²) in [6.07, 6.45) is 3.25. The Morgan fingerprint density at radius 1 is 1.33 bits per heavy atom. The van der Waals surface area contributed by atoms with Crippen molar-refractivity contribution in [3.63, 3.8) is 0 Å². The van der Waals surface area contributed by atoms with Gasteiger partial charge in [0.1, 0.15) is 5.82 Å². The van der Waals surface area contributed by atoms with Crippen LogP contribution >= 0.6 is 23.4 Å². The fraction of sp³-hybridized carbons (Fsp3) is 0.357. The smallest absolute Gasteiger partial charge is 0.238 e. The molecule has 0 radical (unpaired) electrons. The predicted octanol–water partition coefficient (Wildman–Crippen LogP) is 3.63. The van der Waals surface area contributed by atoms with Gasteiger partial charge in [-0.1, -0.05) is 23.4 Å². The van der Waals surface area contributed by atoms with Crippen molar-refractivity contribution in [3.8, 4) is 0 Å². The summed E-state index contributed by atoms with van der Waals surface area (Å²) >= 11 is 7.18. The first kappa shape index (κ1) is 15.9. The molecule has 2 heterocycles. The van der Waals surface area contributed by atoms with Crippen LogP contribution in [-0.2, 0) is 4.79 Å². The highest BCUT2D eigenvalue weighted by molar-refractivity contribution is 8.00. The van der Waals surface area contributed by atoms with E-state index < -0.39 is 0 Å². The van der Waals surface area contributed by atoms with E-state index in [4.69, 9.17) is 11.6 Å². The van der Waals surface area contributed by atoms with Crippen LogP contribution in [0.25, 0.3) is 0 Å². The highest BCUT2D eigenvalue weighted by Crippen LogP contribution is 2.23. The minimum absolute atomic E-state index is 0.0841. The van der Waals surface area contributed by atoms with Gasteiger partial charge in [0.25, 0.3) is 0 Å². The van der Waals surface area contributed by atoms with Gasteiger partial charge in [0.15, 0.2) is 0 Å². The van der Waals surface area contributed by atoms with Crippen LogP contribution in [0, 0.1) is 0 Å². The fourth-order valence-electron chi connectivity index (χ4n) is 1.72. The van der Waals surface area contributed by atoms with E-state index in [9.17, 15) is 4.79 Å². The number of rotatable bonds is 5. The molecule has 1 N–H and O–H groups in total. The molecule has 2 rings (SSSR count). The molecule has 0 saturated heterocycles. The molecule has 5 nitrogen and oxygen atoms in total. The standard InChI is InChI=1S/C14H17ClN4OS/c1-9(2)19-12(6-7-17-19)18-14(20)10(3)21-13-5-4-11(15)8-16-13/h4-10H,1-3H3,(H,18,20). The topological polar surface area (TPSA) is 59.8 Å². The second-order valence-corrected chi connectivity index (χ2v) is 6.62. The Hall–Kier alpha value is -1.53. The van der Waals surface area contributed by atoms with E-state index in [2.05, 4.69) is 15.4 Å². The van der Waals surface area contributed by atoms with Crippen molar-refractivity contribution in [1.82, 2.24) is 14.8 Å². The van der Waals surface area contributed by atoms with Gasteiger partial charge >= 0.3 is 0 Å². The maximum atomic E-state index is 12.2. The summed E-state index contributed by atoms with van der Waals surface area (Å²) in [6, 6.07) is 5.54. The average molecular weight is 325 g/mol. The Kier molecular flexibility index (Phi) is 5.25. The van der Waals surface area contributed by atoms with Gasteiger partial charge in [-0.05, 0) is 32.9 Å². The Morgan fingerprint density at radius 2 is 2.10 bits per heavy atom. The zero-order valence-electron chi connectivity index (χ0n) is 12.1. The fourth-order valence-corrected chi connectivity index (χ4v) is 2.62. The van der Waals surface area contributed by atoms with Crippen molar-refractivity contribution >= 4 is 35.1 Å². The highest BCUT2D eigenvalue weighted by atomic mass is 35.5. The van der Waals surface area contributed by atoms with Gasteiger partial charge < -0.3 is 5.32 Å². The molecule has 0 aliphatic rings. The van der Waals surface area contributed by atoms with Gasteiger partial charge in [-0.2, -0.15) is 5.10 Å². The summed E-state index contributed by atoms with van der Waals surface area (Å²) in [5, 5.41) is 8.15. The van der Waals surface area contributed by atoms with E-state index in [1.165, 1.54) is 11.8 Å². The quantitative estimate of drug-likeness (QED) is 0.853. The van der Waals surface area contributed by atoms with E-state index in [0.717, 1.165) is 5.03 Å². The number of halogens is 1. The summed E-state index contributed by atoms with van der Waals surface area (Å²) in [4.78, 5) is 16.4. The van der Waals surface area contributed by atoms with Crippen LogP contribution in [0.1, 0.15) is 26.8 Å². The molecule has 2 aromatic heterocycles. The number of thioether (sulfide) groups is 1. The molecule has 112 valence electrons. The first-order chi connectivity index (χ1) is 9.97. The van der Waals surface area contributed by atoms with Gasteiger partial charge in [-0.25, -0.2) is 9.67 Å². The van der Waals surface area contributed by atoms with Gasteiger partial charge in [0.2, 0.25) is 5.91 Å². The molecule has 0 bridgehead atoms. The first-order valence-corrected chi connectivity index (χ1v) is 7.85. The molecule has 1 atom stereocenters. The summed E-state index contributed by atoms with van der Waals surface area (Å²) in [7, 11) is 0. The molecule has 0 saturated carbocycles. The summed E-state index contributed by atoms with van der Waals surface area (Å²) in [5.41, 5.74) is 0. The molecule has 0 spiro atoms. The van der Waals surface area contributed by atoms with Crippen LogP contribution in [0.4, 0.5) is 5.82 Å². The number of amides is 1. The number of hydrogen-bond donors (Lipinski definition) is 1. The zero-order chi connectivity index (χ0) is 15.4. The lowest BCUT2D eigenvalue weighted by Gasteiger charge is -2.14. The molecule has 1 amide bonds. The van der Waals surface area contributed by atoms with E-state index in [1.807, 2.05) is 20.8 Å². The number of anilines is 1. The van der Waals surface area contributed by atoms with Crippen LogP contribution in [0.3, 0.4) is 0 Å². The first-order valence-electron chi connectivity index (χ1n) is 6.60. The molecule has 0 aliphatic heterocycles. The lowest BCUT2D eigenvalue weighted by atomic mass is 10.4. The number of nitrogens with zero attached hydrogens (tertiary/aromatic N) is 3. The van der Waals surface area contributed by atoms with Crippen molar-refractivity contribution < 1.29 is 4.79 Å². The summed E-state index contributed by atoms with van der Waals surface area (Å²) in [5.74, 6) is 0.616. The molecule has 2 aromatic rings.